The predicted molar refractivity (Wildman–Crippen MR) is 90.5 cm³/mol. The van der Waals surface area contributed by atoms with Gasteiger partial charge in [-0.1, -0.05) is 12.1 Å². The molecule has 2 aromatic rings. The van der Waals surface area contributed by atoms with Gasteiger partial charge in [0.2, 0.25) is 5.91 Å². The number of nitrogens with zero attached hydrogens (tertiary/aromatic N) is 2. The predicted octanol–water partition coefficient (Wildman–Crippen LogP) is 1.33. The molecule has 1 amide bonds. The van der Waals surface area contributed by atoms with E-state index in [-0.39, 0.29) is 29.0 Å². The van der Waals surface area contributed by atoms with Gasteiger partial charge in [0.1, 0.15) is 9.84 Å². The van der Waals surface area contributed by atoms with E-state index >= 15 is 0 Å². The van der Waals surface area contributed by atoms with Gasteiger partial charge < -0.3 is 10.4 Å². The van der Waals surface area contributed by atoms with Crippen molar-refractivity contribution >= 4 is 27.4 Å². The Balaban J connectivity index is 1.79. The summed E-state index contributed by atoms with van der Waals surface area (Å²) < 4.78 is 24.3. The van der Waals surface area contributed by atoms with Crippen LogP contribution >= 0.6 is 0 Å². The van der Waals surface area contributed by atoms with Crippen LogP contribution in [-0.4, -0.2) is 46.7 Å². The molecule has 1 aromatic carbocycles. The van der Waals surface area contributed by atoms with Crippen LogP contribution in [0.3, 0.4) is 0 Å². The lowest BCUT2D eigenvalue weighted by molar-refractivity contribution is -0.120. The number of carbonyl (C=O) groups is 2. The zero-order chi connectivity index (χ0) is 18.0. The van der Waals surface area contributed by atoms with Gasteiger partial charge in [0, 0.05) is 12.1 Å². The van der Waals surface area contributed by atoms with E-state index in [4.69, 9.17) is 5.11 Å². The molecule has 0 atom stereocenters. The molecule has 0 radical (unpaired) electrons. The number of amides is 1. The molecule has 25 heavy (non-hydrogen) atoms. The summed E-state index contributed by atoms with van der Waals surface area (Å²) in [5, 5.41) is 15.7. The average molecular weight is 363 g/mol. The minimum absolute atomic E-state index is 0.0217. The van der Waals surface area contributed by atoms with Crippen LogP contribution in [0.4, 0.5) is 5.69 Å². The smallest absolute Gasteiger partial charge is 0.356 e. The first-order chi connectivity index (χ1) is 11.9. The Morgan fingerprint density at radius 2 is 1.84 bits per heavy atom. The standard InChI is InChI=1S/C16H17N3O5S/c20-15(11-6-9-25(23,24)10-7-11)17-12-3-1-2-4-14(12)19-8-5-13(18-19)16(21)22/h1-5,8,11H,6-7,9-10H2,(H,17,20)(H,21,22). The third kappa shape index (κ3) is 3.87. The average Bonchev–Trinajstić information content (AvgIpc) is 3.05. The van der Waals surface area contributed by atoms with E-state index in [0.717, 1.165) is 0 Å². The molecule has 132 valence electrons. The topological polar surface area (TPSA) is 118 Å². The number of carbonyl (C=O) groups excluding carboxylic acids is 1. The fraction of sp³-hybridized carbons (Fsp3) is 0.312. The summed E-state index contributed by atoms with van der Waals surface area (Å²) >= 11 is 0. The summed E-state index contributed by atoms with van der Waals surface area (Å²) in [5.74, 6) is -1.69. The van der Waals surface area contributed by atoms with Crippen LogP contribution in [0.1, 0.15) is 23.3 Å². The Morgan fingerprint density at radius 1 is 1.16 bits per heavy atom. The number of carboxylic acids is 1. The number of hydrogen-bond donors (Lipinski definition) is 2. The van der Waals surface area contributed by atoms with E-state index in [1.807, 2.05) is 0 Å². The Hall–Kier alpha value is -2.68. The van der Waals surface area contributed by atoms with Crippen molar-refractivity contribution in [3.63, 3.8) is 0 Å². The number of carboxylic acid groups (broad SMARTS) is 1. The molecule has 0 bridgehead atoms. The summed E-state index contributed by atoms with van der Waals surface area (Å²) in [4.78, 5) is 23.4. The molecule has 3 rings (SSSR count). The zero-order valence-corrected chi connectivity index (χ0v) is 14.1. The summed E-state index contributed by atoms with van der Waals surface area (Å²) in [6, 6.07) is 8.26. The van der Waals surface area contributed by atoms with Crippen LogP contribution in [0.15, 0.2) is 36.5 Å². The quantitative estimate of drug-likeness (QED) is 0.846. The van der Waals surface area contributed by atoms with Crippen LogP contribution in [0.25, 0.3) is 5.69 Å². The minimum Gasteiger partial charge on any atom is -0.476 e. The van der Waals surface area contributed by atoms with E-state index in [0.29, 0.717) is 24.2 Å². The van der Waals surface area contributed by atoms with Crippen molar-refractivity contribution in [2.45, 2.75) is 12.8 Å². The first-order valence-corrected chi connectivity index (χ1v) is 9.57. The molecule has 2 N–H and O–H groups in total. The molecule has 2 heterocycles. The molecule has 8 nitrogen and oxygen atoms in total. The van der Waals surface area contributed by atoms with Crippen LogP contribution in [0.5, 0.6) is 0 Å². The lowest BCUT2D eigenvalue weighted by Crippen LogP contribution is -2.32. The van der Waals surface area contributed by atoms with Gasteiger partial charge in [-0.05, 0) is 31.0 Å². The van der Waals surface area contributed by atoms with Gasteiger partial charge in [-0.25, -0.2) is 17.9 Å². The number of sulfone groups is 1. The number of nitrogens with one attached hydrogen (secondary N) is 1. The van der Waals surface area contributed by atoms with Gasteiger partial charge in [-0.3, -0.25) is 4.79 Å². The van der Waals surface area contributed by atoms with E-state index in [2.05, 4.69) is 10.4 Å². The van der Waals surface area contributed by atoms with E-state index in [1.54, 1.807) is 24.3 Å². The largest absolute Gasteiger partial charge is 0.476 e. The maximum Gasteiger partial charge on any atom is 0.356 e. The fourth-order valence-corrected chi connectivity index (χ4v) is 4.23. The number of rotatable bonds is 4. The highest BCUT2D eigenvalue weighted by Crippen LogP contribution is 2.24. The van der Waals surface area contributed by atoms with Crippen molar-refractivity contribution < 1.29 is 23.1 Å². The summed E-state index contributed by atoms with van der Waals surface area (Å²) in [6.45, 7) is 0. The highest BCUT2D eigenvalue weighted by molar-refractivity contribution is 7.91. The van der Waals surface area contributed by atoms with Gasteiger partial charge in [0.05, 0.1) is 22.9 Å². The van der Waals surface area contributed by atoms with Crippen LogP contribution < -0.4 is 5.32 Å². The molecular formula is C16H17N3O5S. The molecule has 1 fully saturated rings. The van der Waals surface area contributed by atoms with Crippen LogP contribution in [0, 0.1) is 5.92 Å². The van der Waals surface area contributed by atoms with Crippen molar-refractivity contribution in [3.8, 4) is 5.69 Å². The molecule has 0 spiro atoms. The molecule has 1 saturated heterocycles. The minimum atomic E-state index is -3.03. The number of aromatic carboxylic acids is 1. The van der Waals surface area contributed by atoms with Crippen molar-refractivity contribution in [1.29, 1.82) is 0 Å². The lowest BCUT2D eigenvalue weighted by Gasteiger charge is -2.21. The van der Waals surface area contributed by atoms with E-state index < -0.39 is 15.8 Å². The molecule has 9 heteroatoms. The van der Waals surface area contributed by atoms with E-state index in [9.17, 15) is 18.0 Å². The zero-order valence-electron chi connectivity index (χ0n) is 13.3. The molecule has 1 aliphatic heterocycles. The van der Waals surface area contributed by atoms with E-state index in [1.165, 1.54) is 16.9 Å². The molecule has 0 unspecified atom stereocenters. The molecule has 0 saturated carbocycles. The number of anilines is 1. The SMILES string of the molecule is O=C(O)c1ccn(-c2ccccc2NC(=O)C2CCS(=O)(=O)CC2)n1. The Labute approximate surface area is 144 Å². The monoisotopic (exact) mass is 363 g/mol. The number of hydrogen-bond acceptors (Lipinski definition) is 5. The Bertz CT molecular complexity index is 905. The highest BCUT2D eigenvalue weighted by atomic mass is 32.2. The molecular weight excluding hydrogens is 346 g/mol. The van der Waals surface area contributed by atoms with Gasteiger partial charge >= 0.3 is 5.97 Å². The second kappa shape index (κ2) is 6.67. The number of para-hydroxylation sites is 2. The maximum atomic E-state index is 12.4. The normalized spacial score (nSPS) is 17.1. The second-order valence-electron chi connectivity index (χ2n) is 5.88. The summed E-state index contributed by atoms with van der Waals surface area (Å²) in [5.41, 5.74) is 0.923. The van der Waals surface area contributed by atoms with Crippen molar-refractivity contribution in [3.05, 3.63) is 42.2 Å². The first kappa shape index (κ1) is 17.2. The molecule has 1 aliphatic rings. The molecule has 1 aromatic heterocycles. The van der Waals surface area contributed by atoms with Crippen LogP contribution in [-0.2, 0) is 14.6 Å². The van der Waals surface area contributed by atoms with Crippen molar-refractivity contribution in [1.82, 2.24) is 9.78 Å². The Kier molecular flexibility index (Phi) is 4.58. The Morgan fingerprint density at radius 3 is 2.48 bits per heavy atom. The lowest BCUT2D eigenvalue weighted by atomic mass is 10.0. The highest BCUT2D eigenvalue weighted by Gasteiger charge is 2.28. The summed E-state index contributed by atoms with van der Waals surface area (Å²) in [7, 11) is -3.03. The molecule has 0 aliphatic carbocycles. The first-order valence-electron chi connectivity index (χ1n) is 7.75. The van der Waals surface area contributed by atoms with Gasteiger partial charge in [-0.2, -0.15) is 5.10 Å². The number of aromatic nitrogens is 2. The maximum absolute atomic E-state index is 12.4. The van der Waals surface area contributed by atoms with Gasteiger partial charge in [-0.15, -0.1) is 0 Å². The summed E-state index contributed by atoms with van der Waals surface area (Å²) in [6.07, 6.45) is 2.12. The second-order valence-corrected chi connectivity index (χ2v) is 8.19. The third-order valence-electron chi connectivity index (χ3n) is 4.14. The van der Waals surface area contributed by atoms with Gasteiger partial charge in [0.15, 0.2) is 5.69 Å². The van der Waals surface area contributed by atoms with Crippen molar-refractivity contribution in [2.75, 3.05) is 16.8 Å². The fourth-order valence-electron chi connectivity index (χ4n) is 2.74. The number of benzene rings is 1. The van der Waals surface area contributed by atoms with Gasteiger partial charge in [0.25, 0.3) is 0 Å². The van der Waals surface area contributed by atoms with Crippen LogP contribution in [0.2, 0.25) is 0 Å². The third-order valence-corrected chi connectivity index (χ3v) is 5.86. The van der Waals surface area contributed by atoms with Crippen molar-refractivity contribution in [2.24, 2.45) is 5.92 Å².